The average Bonchev–Trinajstić information content (AvgIpc) is 2.44. The highest BCUT2D eigenvalue weighted by atomic mass is 15.2. The van der Waals surface area contributed by atoms with Gasteiger partial charge in [0, 0.05) is 43.6 Å². The van der Waals surface area contributed by atoms with Crippen LogP contribution in [0, 0.1) is 6.92 Å². The molecule has 2 rings (SSSR count). The van der Waals surface area contributed by atoms with Crippen molar-refractivity contribution in [3.63, 3.8) is 0 Å². The van der Waals surface area contributed by atoms with Crippen LogP contribution in [0.1, 0.15) is 45.4 Å². The van der Waals surface area contributed by atoms with Crippen LogP contribution in [0.25, 0.3) is 0 Å². The highest BCUT2D eigenvalue weighted by Gasteiger charge is 2.28. The summed E-state index contributed by atoms with van der Waals surface area (Å²) in [5.74, 6) is 0. The van der Waals surface area contributed by atoms with Crippen molar-refractivity contribution in [3.05, 3.63) is 29.6 Å². The van der Waals surface area contributed by atoms with Crippen molar-refractivity contribution in [1.82, 2.24) is 15.2 Å². The van der Waals surface area contributed by atoms with Crippen LogP contribution in [-0.4, -0.2) is 35.1 Å². The van der Waals surface area contributed by atoms with Gasteiger partial charge in [-0.15, -0.1) is 0 Å². The molecule has 108 valence electrons. The van der Waals surface area contributed by atoms with Crippen molar-refractivity contribution < 1.29 is 0 Å². The molecule has 1 aromatic heterocycles. The Morgan fingerprint density at radius 1 is 1.37 bits per heavy atom. The van der Waals surface area contributed by atoms with Crippen LogP contribution in [0.15, 0.2) is 18.3 Å². The van der Waals surface area contributed by atoms with Gasteiger partial charge in [-0.05, 0) is 31.9 Å². The number of piperazine rings is 1. The van der Waals surface area contributed by atoms with E-state index in [-0.39, 0.29) is 5.54 Å². The Kier molecular flexibility index (Phi) is 6.46. The van der Waals surface area contributed by atoms with E-state index in [0.29, 0.717) is 0 Å². The summed E-state index contributed by atoms with van der Waals surface area (Å²) in [7, 11) is 0. The Labute approximate surface area is 118 Å². The third kappa shape index (κ3) is 4.92. The molecule has 1 aliphatic rings. The van der Waals surface area contributed by atoms with Gasteiger partial charge < -0.3 is 5.32 Å². The summed E-state index contributed by atoms with van der Waals surface area (Å²) in [4.78, 5) is 6.88. The van der Waals surface area contributed by atoms with Crippen molar-refractivity contribution in [1.29, 1.82) is 0 Å². The average molecular weight is 263 g/mol. The van der Waals surface area contributed by atoms with Gasteiger partial charge in [0.2, 0.25) is 0 Å². The quantitative estimate of drug-likeness (QED) is 0.908. The maximum Gasteiger partial charge on any atom is 0.0372 e. The van der Waals surface area contributed by atoms with Gasteiger partial charge in [0.1, 0.15) is 0 Å². The first-order valence-electron chi connectivity index (χ1n) is 7.50. The molecule has 1 aromatic rings. The zero-order valence-corrected chi connectivity index (χ0v) is 13.2. The van der Waals surface area contributed by atoms with Crippen LogP contribution in [0.3, 0.4) is 0 Å². The van der Waals surface area contributed by atoms with E-state index in [1.165, 1.54) is 12.0 Å². The van der Waals surface area contributed by atoms with Gasteiger partial charge in [0.15, 0.2) is 0 Å². The van der Waals surface area contributed by atoms with Crippen LogP contribution in [-0.2, 0) is 6.54 Å². The summed E-state index contributed by atoms with van der Waals surface area (Å²) < 4.78 is 0. The molecule has 0 radical (unpaired) electrons. The predicted molar refractivity (Wildman–Crippen MR) is 82.3 cm³/mol. The highest BCUT2D eigenvalue weighted by Crippen LogP contribution is 2.17. The Morgan fingerprint density at radius 2 is 2.11 bits per heavy atom. The molecule has 19 heavy (non-hydrogen) atoms. The molecular weight excluding hydrogens is 234 g/mol. The fourth-order valence-corrected chi connectivity index (χ4v) is 2.37. The van der Waals surface area contributed by atoms with Gasteiger partial charge >= 0.3 is 0 Å². The molecule has 1 atom stereocenters. The molecule has 1 saturated heterocycles. The third-order valence-corrected chi connectivity index (χ3v) is 3.71. The number of pyridine rings is 1. The number of hydrogen-bond acceptors (Lipinski definition) is 3. The number of rotatable bonds is 3. The summed E-state index contributed by atoms with van der Waals surface area (Å²) in [6.45, 7) is 15.0. The number of nitrogens with zero attached hydrogens (tertiary/aromatic N) is 2. The molecule has 2 heterocycles. The van der Waals surface area contributed by atoms with Gasteiger partial charge in [-0.25, -0.2) is 0 Å². The van der Waals surface area contributed by atoms with Gasteiger partial charge in [0.05, 0.1) is 0 Å². The first-order chi connectivity index (χ1) is 9.11. The van der Waals surface area contributed by atoms with Crippen LogP contribution in [0.4, 0.5) is 0 Å². The molecule has 0 aliphatic carbocycles. The van der Waals surface area contributed by atoms with Crippen LogP contribution in [0.5, 0.6) is 0 Å². The van der Waals surface area contributed by atoms with E-state index in [9.17, 15) is 0 Å². The van der Waals surface area contributed by atoms with Crippen molar-refractivity contribution in [2.75, 3.05) is 19.6 Å². The molecule has 0 aromatic carbocycles. The zero-order valence-electron chi connectivity index (χ0n) is 13.2. The predicted octanol–water partition coefficient (Wildman–Crippen LogP) is 2.99. The molecule has 1 fully saturated rings. The fraction of sp³-hybridized carbons (Fsp3) is 0.688. The van der Waals surface area contributed by atoms with E-state index >= 15 is 0 Å². The SMILES string of the molecule is CC.CCC1(C)CN(Cc2ccc(C)nc2)CCN1. The number of aromatic nitrogens is 1. The van der Waals surface area contributed by atoms with Gasteiger partial charge in [-0.2, -0.15) is 0 Å². The summed E-state index contributed by atoms with van der Waals surface area (Å²) in [6, 6.07) is 4.28. The van der Waals surface area contributed by atoms with E-state index < -0.39 is 0 Å². The minimum atomic E-state index is 0.274. The Morgan fingerprint density at radius 3 is 2.68 bits per heavy atom. The number of aryl methyl sites for hydroxylation is 1. The lowest BCUT2D eigenvalue weighted by atomic mass is 9.95. The van der Waals surface area contributed by atoms with E-state index in [2.05, 4.69) is 41.2 Å². The van der Waals surface area contributed by atoms with Crippen LogP contribution in [0.2, 0.25) is 0 Å². The van der Waals surface area contributed by atoms with Crippen molar-refractivity contribution in [2.24, 2.45) is 0 Å². The normalized spacial score (nSPS) is 23.6. The van der Waals surface area contributed by atoms with Crippen molar-refractivity contribution in [3.8, 4) is 0 Å². The Bertz CT molecular complexity index is 361. The molecule has 1 unspecified atom stereocenters. The molecule has 1 aliphatic heterocycles. The van der Waals surface area contributed by atoms with E-state index in [0.717, 1.165) is 31.9 Å². The lowest BCUT2D eigenvalue weighted by Crippen LogP contribution is -2.58. The fourth-order valence-electron chi connectivity index (χ4n) is 2.37. The summed E-state index contributed by atoms with van der Waals surface area (Å²) in [5, 5.41) is 3.61. The lowest BCUT2D eigenvalue weighted by molar-refractivity contribution is 0.133. The second kappa shape index (κ2) is 7.61. The maximum atomic E-state index is 4.36. The van der Waals surface area contributed by atoms with E-state index in [1.807, 2.05) is 27.0 Å². The molecule has 0 amide bonds. The summed E-state index contributed by atoms with van der Waals surface area (Å²) in [6.07, 6.45) is 3.18. The van der Waals surface area contributed by atoms with Crippen molar-refractivity contribution >= 4 is 0 Å². The Balaban J connectivity index is 0.000000861. The van der Waals surface area contributed by atoms with Gasteiger partial charge in [0.25, 0.3) is 0 Å². The largest absolute Gasteiger partial charge is 0.309 e. The number of nitrogens with one attached hydrogen (secondary N) is 1. The maximum absolute atomic E-state index is 4.36. The smallest absolute Gasteiger partial charge is 0.0372 e. The zero-order chi connectivity index (χ0) is 14.3. The topological polar surface area (TPSA) is 28.2 Å². The first kappa shape index (κ1) is 16.1. The van der Waals surface area contributed by atoms with E-state index in [1.54, 1.807) is 0 Å². The molecule has 1 N–H and O–H groups in total. The number of hydrogen-bond donors (Lipinski definition) is 1. The molecule has 0 bridgehead atoms. The Hall–Kier alpha value is -0.930. The molecule has 0 spiro atoms. The minimum Gasteiger partial charge on any atom is -0.309 e. The second-order valence-electron chi connectivity index (χ2n) is 5.36. The molecule has 3 nitrogen and oxygen atoms in total. The first-order valence-corrected chi connectivity index (χ1v) is 7.50. The summed E-state index contributed by atoms with van der Waals surface area (Å²) >= 11 is 0. The van der Waals surface area contributed by atoms with Gasteiger partial charge in [-0.3, -0.25) is 9.88 Å². The molecule has 3 heteroatoms. The van der Waals surface area contributed by atoms with Gasteiger partial charge in [-0.1, -0.05) is 26.8 Å². The van der Waals surface area contributed by atoms with Crippen LogP contribution >= 0.6 is 0 Å². The third-order valence-electron chi connectivity index (χ3n) is 3.71. The second-order valence-corrected chi connectivity index (χ2v) is 5.36. The monoisotopic (exact) mass is 263 g/mol. The minimum absolute atomic E-state index is 0.274. The van der Waals surface area contributed by atoms with Crippen molar-refractivity contribution in [2.45, 2.75) is 53.1 Å². The lowest BCUT2D eigenvalue weighted by Gasteiger charge is -2.41. The highest BCUT2D eigenvalue weighted by molar-refractivity contribution is 5.13. The molecule has 0 saturated carbocycles. The van der Waals surface area contributed by atoms with E-state index in [4.69, 9.17) is 0 Å². The molecular formula is C16H29N3. The summed E-state index contributed by atoms with van der Waals surface area (Å²) in [5.41, 5.74) is 2.68. The standard InChI is InChI=1S/C14H23N3.C2H6/c1-4-14(3)11-17(8-7-16-14)10-13-6-5-12(2)15-9-13;1-2/h5-6,9,16H,4,7-8,10-11H2,1-3H3;1-2H3. The van der Waals surface area contributed by atoms with Crippen LogP contribution < -0.4 is 5.32 Å².